The van der Waals surface area contributed by atoms with Gasteiger partial charge in [0.1, 0.15) is 11.6 Å². The van der Waals surface area contributed by atoms with E-state index in [2.05, 4.69) is 15.5 Å². The van der Waals surface area contributed by atoms with E-state index in [1.165, 1.54) is 6.07 Å². The molecular weight excluding hydrogens is 433 g/mol. The molecule has 0 aromatic heterocycles. The topological polar surface area (TPSA) is 70.7 Å². The minimum Gasteiger partial charge on any atom is -0.495 e. The van der Waals surface area contributed by atoms with Crippen molar-refractivity contribution in [3.63, 3.8) is 0 Å². The number of carbonyl (C=O) groups is 2. The van der Waals surface area contributed by atoms with Crippen LogP contribution in [-0.4, -0.2) is 36.4 Å². The van der Waals surface area contributed by atoms with E-state index in [0.717, 1.165) is 12.8 Å². The number of carbonyl (C=O) groups excluding carboxylic acids is 2. The Hall–Kier alpha value is -3.71. The Morgan fingerprint density at radius 2 is 1.68 bits per heavy atom. The summed E-state index contributed by atoms with van der Waals surface area (Å²) in [6, 6.07) is 21.1. The molecule has 1 aliphatic rings. The van der Waals surface area contributed by atoms with Crippen LogP contribution >= 0.6 is 0 Å². The van der Waals surface area contributed by atoms with Crippen LogP contribution in [0.25, 0.3) is 0 Å². The van der Waals surface area contributed by atoms with Crippen LogP contribution in [-0.2, 0) is 11.3 Å². The summed E-state index contributed by atoms with van der Waals surface area (Å²) in [5.74, 6) is -0.0246. The number of para-hydroxylation sites is 2. The van der Waals surface area contributed by atoms with Crippen molar-refractivity contribution in [2.75, 3.05) is 24.3 Å². The number of hydrogen-bond donors (Lipinski definition) is 2. The number of hydrogen-bond acceptors (Lipinski definition) is 4. The second-order valence-electron chi connectivity index (χ2n) is 8.32. The third-order valence-corrected chi connectivity index (χ3v) is 5.81. The molecule has 0 saturated heterocycles. The van der Waals surface area contributed by atoms with Crippen LogP contribution < -0.4 is 15.4 Å². The smallest absolute Gasteiger partial charge is 0.255 e. The van der Waals surface area contributed by atoms with Gasteiger partial charge >= 0.3 is 0 Å². The summed E-state index contributed by atoms with van der Waals surface area (Å²) in [4.78, 5) is 27.2. The Bertz CT molecular complexity index is 1150. The number of ether oxygens (including phenoxy) is 1. The Labute approximate surface area is 198 Å². The first-order valence-corrected chi connectivity index (χ1v) is 11.3. The van der Waals surface area contributed by atoms with Gasteiger partial charge in [-0.15, -0.1) is 0 Å². The molecule has 4 rings (SSSR count). The van der Waals surface area contributed by atoms with E-state index in [4.69, 9.17) is 4.74 Å². The molecule has 0 bridgehead atoms. The van der Waals surface area contributed by atoms with Crippen molar-refractivity contribution in [3.05, 3.63) is 89.7 Å². The largest absolute Gasteiger partial charge is 0.495 e. The highest BCUT2D eigenvalue weighted by Gasteiger charge is 2.29. The zero-order valence-corrected chi connectivity index (χ0v) is 19.1. The van der Waals surface area contributed by atoms with E-state index >= 15 is 0 Å². The second-order valence-corrected chi connectivity index (χ2v) is 8.32. The average Bonchev–Trinajstić information content (AvgIpc) is 3.69. The summed E-state index contributed by atoms with van der Waals surface area (Å²) >= 11 is 0. The van der Waals surface area contributed by atoms with Crippen molar-refractivity contribution in [1.29, 1.82) is 0 Å². The van der Waals surface area contributed by atoms with Crippen molar-refractivity contribution in [1.82, 2.24) is 4.90 Å². The molecule has 0 spiro atoms. The SMILES string of the molecule is COc1ccccc1NC(=O)c1ccc(NC(=O)CCN(Cc2ccccc2F)C2CC2)cc1. The number of benzene rings is 3. The summed E-state index contributed by atoms with van der Waals surface area (Å²) in [6.07, 6.45) is 2.46. The van der Waals surface area contributed by atoms with Crippen molar-refractivity contribution in [2.24, 2.45) is 0 Å². The first-order valence-electron chi connectivity index (χ1n) is 11.3. The van der Waals surface area contributed by atoms with Crippen molar-refractivity contribution in [3.8, 4) is 5.75 Å². The Morgan fingerprint density at radius 3 is 2.38 bits per heavy atom. The van der Waals surface area contributed by atoms with E-state index in [9.17, 15) is 14.0 Å². The molecule has 1 aliphatic carbocycles. The highest BCUT2D eigenvalue weighted by molar-refractivity contribution is 6.05. The Balaban J connectivity index is 1.29. The molecule has 0 radical (unpaired) electrons. The fraction of sp³-hybridized carbons (Fsp3) is 0.259. The summed E-state index contributed by atoms with van der Waals surface area (Å²) in [5.41, 5.74) is 2.32. The van der Waals surface area contributed by atoms with Gasteiger partial charge in [-0.1, -0.05) is 30.3 Å². The molecule has 0 heterocycles. The van der Waals surface area contributed by atoms with E-state index in [1.807, 2.05) is 18.2 Å². The number of nitrogens with zero attached hydrogens (tertiary/aromatic N) is 1. The van der Waals surface area contributed by atoms with E-state index in [1.54, 1.807) is 55.6 Å². The molecule has 3 aromatic carbocycles. The Morgan fingerprint density at radius 1 is 0.971 bits per heavy atom. The molecule has 0 unspecified atom stereocenters. The molecule has 1 fully saturated rings. The normalized spacial score (nSPS) is 12.9. The lowest BCUT2D eigenvalue weighted by atomic mass is 10.1. The predicted octanol–water partition coefficient (Wildman–Crippen LogP) is 5.08. The number of nitrogens with one attached hydrogen (secondary N) is 2. The van der Waals surface area contributed by atoms with Crippen LogP contribution in [0.4, 0.5) is 15.8 Å². The van der Waals surface area contributed by atoms with E-state index < -0.39 is 0 Å². The fourth-order valence-corrected chi connectivity index (χ4v) is 3.79. The van der Waals surface area contributed by atoms with Crippen LogP contribution in [0.15, 0.2) is 72.8 Å². The van der Waals surface area contributed by atoms with Gasteiger partial charge in [-0.3, -0.25) is 14.5 Å². The van der Waals surface area contributed by atoms with Crippen LogP contribution in [0.3, 0.4) is 0 Å². The lowest BCUT2D eigenvalue weighted by Gasteiger charge is -2.22. The molecule has 0 atom stereocenters. The van der Waals surface area contributed by atoms with Crippen molar-refractivity contribution in [2.45, 2.75) is 31.8 Å². The first-order chi connectivity index (χ1) is 16.5. The Kier molecular flexibility index (Phi) is 7.54. The first kappa shape index (κ1) is 23.4. The summed E-state index contributed by atoms with van der Waals surface area (Å²) < 4.78 is 19.3. The zero-order chi connectivity index (χ0) is 23.9. The molecule has 3 aromatic rings. The third kappa shape index (κ3) is 6.20. The maximum atomic E-state index is 14.0. The molecule has 0 aliphatic heterocycles. The zero-order valence-electron chi connectivity index (χ0n) is 19.1. The van der Waals surface area contributed by atoms with Gasteiger partial charge in [-0.2, -0.15) is 0 Å². The second kappa shape index (κ2) is 10.9. The molecule has 6 nitrogen and oxygen atoms in total. The van der Waals surface area contributed by atoms with Crippen LogP contribution in [0.1, 0.15) is 35.2 Å². The van der Waals surface area contributed by atoms with Crippen molar-refractivity contribution >= 4 is 23.2 Å². The number of methoxy groups -OCH3 is 1. The summed E-state index contributed by atoms with van der Waals surface area (Å²) in [7, 11) is 1.55. The lowest BCUT2D eigenvalue weighted by Crippen LogP contribution is -2.30. The monoisotopic (exact) mass is 461 g/mol. The maximum absolute atomic E-state index is 14.0. The quantitative estimate of drug-likeness (QED) is 0.442. The van der Waals surface area contributed by atoms with Gasteiger partial charge in [-0.25, -0.2) is 4.39 Å². The minimum atomic E-state index is -0.268. The number of anilines is 2. The van der Waals surface area contributed by atoms with Gasteiger partial charge in [-0.05, 0) is 55.3 Å². The standard InChI is InChI=1S/C27H28FN3O3/c1-34-25-9-5-4-8-24(25)30-27(33)19-10-12-21(13-11-19)29-26(32)16-17-31(22-14-15-22)18-20-6-2-3-7-23(20)28/h2-13,22H,14-18H2,1H3,(H,29,32)(H,30,33). The summed E-state index contributed by atoms with van der Waals surface area (Å²) in [5, 5.41) is 5.70. The van der Waals surface area contributed by atoms with Gasteiger partial charge in [0.2, 0.25) is 5.91 Å². The number of halogens is 1. The van der Waals surface area contributed by atoms with E-state index in [-0.39, 0.29) is 17.6 Å². The average molecular weight is 462 g/mol. The molecule has 176 valence electrons. The van der Waals surface area contributed by atoms with Gasteiger partial charge in [0, 0.05) is 42.4 Å². The van der Waals surface area contributed by atoms with Gasteiger partial charge in [0.25, 0.3) is 5.91 Å². The highest BCUT2D eigenvalue weighted by Crippen LogP contribution is 2.29. The molecule has 2 N–H and O–H groups in total. The van der Waals surface area contributed by atoms with Crippen LogP contribution in [0, 0.1) is 5.82 Å². The molecule has 1 saturated carbocycles. The maximum Gasteiger partial charge on any atom is 0.255 e. The van der Waals surface area contributed by atoms with Gasteiger partial charge < -0.3 is 15.4 Å². The van der Waals surface area contributed by atoms with Gasteiger partial charge in [0.05, 0.1) is 12.8 Å². The predicted molar refractivity (Wildman–Crippen MR) is 130 cm³/mol. The van der Waals surface area contributed by atoms with Crippen LogP contribution in [0.5, 0.6) is 5.75 Å². The minimum absolute atomic E-state index is 0.120. The van der Waals surface area contributed by atoms with E-state index in [0.29, 0.717) is 53.8 Å². The molecule has 2 amide bonds. The van der Waals surface area contributed by atoms with Crippen LogP contribution in [0.2, 0.25) is 0 Å². The molecule has 7 heteroatoms. The highest BCUT2D eigenvalue weighted by atomic mass is 19.1. The summed E-state index contributed by atoms with van der Waals surface area (Å²) in [6.45, 7) is 1.06. The lowest BCUT2D eigenvalue weighted by molar-refractivity contribution is -0.116. The number of amides is 2. The van der Waals surface area contributed by atoms with Gasteiger partial charge in [0.15, 0.2) is 0 Å². The van der Waals surface area contributed by atoms with Crippen molar-refractivity contribution < 1.29 is 18.7 Å². The fourth-order valence-electron chi connectivity index (χ4n) is 3.79. The molecular formula is C27H28FN3O3. The third-order valence-electron chi connectivity index (χ3n) is 5.81. The number of rotatable bonds is 10. The molecule has 34 heavy (non-hydrogen) atoms.